The molecule has 0 radical (unpaired) electrons. The van der Waals surface area contributed by atoms with Gasteiger partial charge in [-0.1, -0.05) is 6.08 Å². The molecule has 0 spiro atoms. The van der Waals surface area contributed by atoms with Gasteiger partial charge in [-0.15, -0.1) is 0 Å². The summed E-state index contributed by atoms with van der Waals surface area (Å²) in [6.45, 7) is 0.648. The summed E-state index contributed by atoms with van der Waals surface area (Å²) in [5.74, 6) is 0.128. The highest BCUT2D eigenvalue weighted by Crippen LogP contribution is 2.25. The van der Waals surface area contributed by atoms with Gasteiger partial charge in [-0.25, -0.2) is 0 Å². The van der Waals surface area contributed by atoms with E-state index in [1.165, 1.54) is 0 Å². The Labute approximate surface area is 61.2 Å². The molecule has 0 aliphatic carbocycles. The molecule has 2 atom stereocenters. The van der Waals surface area contributed by atoms with Gasteiger partial charge in [0, 0.05) is 12.0 Å². The average Bonchev–Trinajstić information content (AvgIpc) is 1.91. The van der Waals surface area contributed by atoms with E-state index < -0.39 is 10.8 Å². The van der Waals surface area contributed by atoms with Crippen LogP contribution in [0.2, 0.25) is 0 Å². The van der Waals surface area contributed by atoms with E-state index in [9.17, 15) is 9.00 Å². The fourth-order valence-electron chi connectivity index (χ4n) is 1.19. The number of β-lactam (4-membered cyclic amide) rings is 1. The van der Waals surface area contributed by atoms with E-state index in [1.807, 2.05) is 0 Å². The van der Waals surface area contributed by atoms with Crippen molar-refractivity contribution in [2.75, 3.05) is 6.54 Å². The highest BCUT2D eigenvalue weighted by atomic mass is 32.2. The van der Waals surface area contributed by atoms with E-state index in [-0.39, 0.29) is 11.3 Å². The summed E-state index contributed by atoms with van der Waals surface area (Å²) >= 11 is 0. The Morgan fingerprint density at radius 2 is 2.50 bits per heavy atom. The Morgan fingerprint density at radius 3 is 3.10 bits per heavy atom. The number of amides is 1. The third-order valence-electron chi connectivity index (χ3n) is 1.82. The first-order valence-corrected chi connectivity index (χ1v) is 4.42. The maximum atomic E-state index is 11.0. The zero-order valence-electron chi connectivity index (χ0n) is 5.32. The van der Waals surface area contributed by atoms with Crippen molar-refractivity contribution in [3.05, 3.63) is 11.5 Å². The molecule has 2 rings (SSSR count). The van der Waals surface area contributed by atoms with E-state index in [2.05, 4.69) is 0 Å². The van der Waals surface area contributed by atoms with Crippen LogP contribution in [0.15, 0.2) is 11.5 Å². The Balaban J connectivity index is 2.24. The summed E-state index contributed by atoms with van der Waals surface area (Å²) in [5.41, 5.74) is 0. The fraction of sp³-hybridized carbons (Fsp3) is 0.500. The summed E-state index contributed by atoms with van der Waals surface area (Å²) in [5, 5.41) is 1.67. The second kappa shape index (κ2) is 1.92. The lowest BCUT2D eigenvalue weighted by molar-refractivity contribution is -0.140. The van der Waals surface area contributed by atoms with E-state index in [0.717, 1.165) is 0 Å². The molecule has 54 valence electrons. The minimum atomic E-state index is -0.924. The zero-order valence-corrected chi connectivity index (χ0v) is 6.13. The number of carbonyl (C=O) groups is 1. The molecular weight excluding hydrogens is 150 g/mol. The second-order valence-corrected chi connectivity index (χ2v) is 3.88. The molecule has 0 N–H and O–H groups in total. The predicted octanol–water partition coefficient (Wildman–Crippen LogP) is -0.179. The lowest BCUT2D eigenvalue weighted by Crippen LogP contribution is -2.55. The Morgan fingerprint density at radius 1 is 1.70 bits per heavy atom. The summed E-state index contributed by atoms with van der Waals surface area (Å²) in [7, 11) is -0.924. The van der Waals surface area contributed by atoms with Gasteiger partial charge in [-0.3, -0.25) is 9.00 Å². The molecule has 1 unspecified atom stereocenters. The quantitative estimate of drug-likeness (QED) is 0.457. The van der Waals surface area contributed by atoms with Crippen LogP contribution in [0.4, 0.5) is 0 Å². The van der Waals surface area contributed by atoms with Gasteiger partial charge in [0.15, 0.2) is 0 Å². The Kier molecular flexibility index (Phi) is 1.17. The van der Waals surface area contributed by atoms with Gasteiger partial charge in [-0.2, -0.15) is 0 Å². The lowest BCUT2D eigenvalue weighted by Gasteiger charge is -2.40. The third kappa shape index (κ3) is 0.653. The number of fused-ring (bicyclic) bond motifs is 1. The first-order chi connectivity index (χ1) is 4.79. The standard InChI is InChI=1S/C6H7NO2S/c8-5-4-6-7(5)2-1-3-10(6)9/h1,3,6H,2,4H2/t6-,10?/m0/s1. The van der Waals surface area contributed by atoms with Crippen molar-refractivity contribution in [2.45, 2.75) is 11.8 Å². The van der Waals surface area contributed by atoms with Crippen molar-refractivity contribution < 1.29 is 9.00 Å². The van der Waals surface area contributed by atoms with Crippen LogP contribution >= 0.6 is 0 Å². The molecule has 0 aromatic carbocycles. The van der Waals surface area contributed by atoms with E-state index in [4.69, 9.17) is 0 Å². The molecule has 4 heteroatoms. The van der Waals surface area contributed by atoms with Crippen molar-refractivity contribution in [3.63, 3.8) is 0 Å². The number of hydrogen-bond donors (Lipinski definition) is 0. The molecule has 0 aromatic rings. The minimum Gasteiger partial charge on any atom is -0.323 e. The Hall–Kier alpha value is -0.640. The molecule has 0 saturated carbocycles. The van der Waals surface area contributed by atoms with Crippen LogP contribution in [-0.4, -0.2) is 26.9 Å². The normalized spacial score (nSPS) is 37.2. The first kappa shape index (κ1) is 6.09. The minimum absolute atomic E-state index is 0.00231. The second-order valence-electron chi connectivity index (χ2n) is 2.41. The fourth-order valence-corrected chi connectivity index (χ4v) is 2.41. The summed E-state index contributed by atoms with van der Waals surface area (Å²) in [4.78, 5) is 12.4. The molecule has 0 bridgehead atoms. The molecule has 10 heavy (non-hydrogen) atoms. The van der Waals surface area contributed by atoms with Gasteiger partial charge in [-0.05, 0) is 0 Å². The van der Waals surface area contributed by atoms with Crippen molar-refractivity contribution in [1.29, 1.82) is 0 Å². The molecule has 0 aromatic heterocycles. The van der Waals surface area contributed by atoms with Crippen LogP contribution in [0.1, 0.15) is 6.42 Å². The lowest BCUT2D eigenvalue weighted by atomic mass is 10.2. The molecule has 2 aliphatic heterocycles. The Bertz CT molecular complexity index is 236. The summed E-state index contributed by atoms with van der Waals surface area (Å²) in [6, 6.07) is 0. The molecular formula is C6H7NO2S. The number of rotatable bonds is 0. The molecule has 1 saturated heterocycles. The van der Waals surface area contributed by atoms with E-state index >= 15 is 0 Å². The van der Waals surface area contributed by atoms with Gasteiger partial charge in [0.2, 0.25) is 5.91 Å². The average molecular weight is 157 g/mol. The zero-order chi connectivity index (χ0) is 7.14. The van der Waals surface area contributed by atoms with Crippen LogP contribution < -0.4 is 0 Å². The van der Waals surface area contributed by atoms with E-state index in [1.54, 1.807) is 16.4 Å². The molecule has 2 aliphatic rings. The van der Waals surface area contributed by atoms with Crippen LogP contribution in [-0.2, 0) is 15.6 Å². The summed E-state index contributed by atoms with van der Waals surface area (Å²) in [6.07, 6.45) is 2.25. The third-order valence-corrected chi connectivity index (χ3v) is 3.24. The van der Waals surface area contributed by atoms with Gasteiger partial charge < -0.3 is 4.90 Å². The highest BCUT2D eigenvalue weighted by molar-refractivity contribution is 7.88. The molecule has 1 fully saturated rings. The molecule has 2 heterocycles. The molecule has 3 nitrogen and oxygen atoms in total. The van der Waals surface area contributed by atoms with Crippen LogP contribution in [0.25, 0.3) is 0 Å². The van der Waals surface area contributed by atoms with Crippen LogP contribution in [0.3, 0.4) is 0 Å². The highest BCUT2D eigenvalue weighted by Gasteiger charge is 2.40. The topological polar surface area (TPSA) is 37.4 Å². The largest absolute Gasteiger partial charge is 0.323 e. The number of carbonyl (C=O) groups excluding carboxylic acids is 1. The predicted molar refractivity (Wildman–Crippen MR) is 37.4 cm³/mol. The van der Waals surface area contributed by atoms with E-state index in [0.29, 0.717) is 13.0 Å². The van der Waals surface area contributed by atoms with Crippen molar-refractivity contribution in [1.82, 2.24) is 4.90 Å². The van der Waals surface area contributed by atoms with Crippen LogP contribution in [0.5, 0.6) is 0 Å². The van der Waals surface area contributed by atoms with Gasteiger partial charge in [0.1, 0.15) is 5.37 Å². The van der Waals surface area contributed by atoms with Gasteiger partial charge in [0.25, 0.3) is 0 Å². The SMILES string of the molecule is O=C1C[C@H]2N1CC=CS2=O. The maximum Gasteiger partial charge on any atom is 0.226 e. The number of hydrogen-bond acceptors (Lipinski definition) is 2. The number of nitrogens with zero attached hydrogens (tertiary/aromatic N) is 1. The van der Waals surface area contributed by atoms with Crippen molar-refractivity contribution >= 4 is 16.7 Å². The van der Waals surface area contributed by atoms with Gasteiger partial charge >= 0.3 is 0 Å². The smallest absolute Gasteiger partial charge is 0.226 e. The van der Waals surface area contributed by atoms with Crippen molar-refractivity contribution in [2.24, 2.45) is 0 Å². The first-order valence-electron chi connectivity index (χ1n) is 3.14. The van der Waals surface area contributed by atoms with Crippen LogP contribution in [0, 0.1) is 0 Å². The summed E-state index contributed by atoms with van der Waals surface area (Å²) < 4.78 is 11.0. The monoisotopic (exact) mass is 157 g/mol. The molecule has 1 amide bonds. The van der Waals surface area contributed by atoms with Gasteiger partial charge in [0.05, 0.1) is 17.2 Å². The maximum absolute atomic E-state index is 11.0. The van der Waals surface area contributed by atoms with Crippen molar-refractivity contribution in [3.8, 4) is 0 Å².